The molecule has 6 heteroatoms. The molecule has 0 amide bonds. The molecule has 0 saturated carbocycles. The first-order valence-electron chi connectivity index (χ1n) is 5.98. The zero-order valence-corrected chi connectivity index (χ0v) is 11.7. The third kappa shape index (κ3) is 3.01. The minimum Gasteiger partial charge on any atom is -0.398 e. The van der Waals surface area contributed by atoms with Gasteiger partial charge in [-0.05, 0) is 38.1 Å². The van der Waals surface area contributed by atoms with Crippen LogP contribution in [0.5, 0.6) is 0 Å². The molecule has 1 aromatic carbocycles. The third-order valence-electron chi connectivity index (χ3n) is 2.78. The topological polar surface area (TPSA) is 60.9 Å². The summed E-state index contributed by atoms with van der Waals surface area (Å²) < 4.78 is 27.1. The van der Waals surface area contributed by atoms with Crippen LogP contribution in [0.3, 0.4) is 0 Å². The summed E-state index contributed by atoms with van der Waals surface area (Å²) in [6, 6.07) is 5.84. The van der Waals surface area contributed by atoms with E-state index in [1.807, 2.05) is 24.6 Å². The molecule has 0 aliphatic carbocycles. The van der Waals surface area contributed by atoms with Gasteiger partial charge in [0.25, 0.3) is 0 Å². The molecule has 0 fully saturated rings. The summed E-state index contributed by atoms with van der Waals surface area (Å²) in [5.41, 5.74) is 7.70. The highest BCUT2D eigenvalue weighted by Crippen LogP contribution is 2.20. The maximum atomic E-state index is 13.0. The van der Waals surface area contributed by atoms with Crippen LogP contribution in [0.4, 0.5) is 10.1 Å². The Morgan fingerprint density at radius 2 is 2.16 bits per heavy atom. The summed E-state index contributed by atoms with van der Waals surface area (Å²) in [7, 11) is -1.31. The molecule has 0 bridgehead atoms. The molecule has 2 aromatic rings. The van der Waals surface area contributed by atoms with Crippen LogP contribution in [0.15, 0.2) is 29.2 Å². The number of rotatable bonds is 4. The van der Waals surface area contributed by atoms with Crippen molar-refractivity contribution < 1.29 is 8.60 Å². The van der Waals surface area contributed by atoms with E-state index in [9.17, 15) is 8.60 Å². The number of nitrogens with zero attached hydrogens (tertiary/aromatic N) is 2. The van der Waals surface area contributed by atoms with E-state index in [-0.39, 0.29) is 5.69 Å². The van der Waals surface area contributed by atoms with Gasteiger partial charge in [0.2, 0.25) is 0 Å². The number of halogens is 1. The average Bonchev–Trinajstić information content (AvgIpc) is 2.69. The van der Waals surface area contributed by atoms with Gasteiger partial charge in [-0.15, -0.1) is 0 Å². The number of nitrogen functional groups attached to an aromatic ring is 1. The smallest absolute Gasteiger partial charge is 0.125 e. The lowest BCUT2D eigenvalue weighted by molar-refractivity contribution is 0.625. The van der Waals surface area contributed by atoms with Crippen LogP contribution in [0, 0.1) is 12.7 Å². The lowest BCUT2D eigenvalue weighted by Gasteiger charge is -2.07. The van der Waals surface area contributed by atoms with Crippen molar-refractivity contribution in [3.63, 3.8) is 0 Å². The second-order valence-electron chi connectivity index (χ2n) is 4.26. The molecule has 4 nitrogen and oxygen atoms in total. The Labute approximate surface area is 113 Å². The van der Waals surface area contributed by atoms with Gasteiger partial charge in [-0.25, -0.2) is 4.39 Å². The third-order valence-corrected chi connectivity index (χ3v) is 4.20. The first kappa shape index (κ1) is 13.7. The Morgan fingerprint density at radius 3 is 2.79 bits per heavy atom. The quantitative estimate of drug-likeness (QED) is 0.874. The van der Waals surface area contributed by atoms with Crippen LogP contribution in [0.1, 0.15) is 18.3 Å². The second kappa shape index (κ2) is 5.52. The van der Waals surface area contributed by atoms with Crippen LogP contribution in [0.2, 0.25) is 0 Å². The van der Waals surface area contributed by atoms with E-state index < -0.39 is 16.6 Å². The van der Waals surface area contributed by atoms with Crippen LogP contribution in [-0.2, 0) is 23.1 Å². The van der Waals surface area contributed by atoms with Crippen LogP contribution in [0.25, 0.3) is 0 Å². The van der Waals surface area contributed by atoms with Crippen molar-refractivity contribution in [1.29, 1.82) is 0 Å². The van der Waals surface area contributed by atoms with Crippen molar-refractivity contribution in [2.45, 2.75) is 31.0 Å². The van der Waals surface area contributed by atoms with Crippen LogP contribution >= 0.6 is 0 Å². The van der Waals surface area contributed by atoms with Gasteiger partial charge >= 0.3 is 0 Å². The van der Waals surface area contributed by atoms with E-state index in [4.69, 9.17) is 5.73 Å². The number of aryl methyl sites for hydroxylation is 2. The Hall–Kier alpha value is -1.69. The monoisotopic (exact) mass is 281 g/mol. The van der Waals surface area contributed by atoms with Crippen molar-refractivity contribution in [1.82, 2.24) is 9.78 Å². The van der Waals surface area contributed by atoms with E-state index in [1.54, 1.807) is 0 Å². The maximum absolute atomic E-state index is 13.0. The predicted octanol–water partition coefficient (Wildman–Crippen LogP) is 2.24. The van der Waals surface area contributed by atoms with E-state index in [0.717, 1.165) is 17.9 Å². The van der Waals surface area contributed by atoms with Crippen molar-refractivity contribution in [3.05, 3.63) is 41.5 Å². The molecule has 0 saturated heterocycles. The highest BCUT2D eigenvalue weighted by molar-refractivity contribution is 7.84. The summed E-state index contributed by atoms with van der Waals surface area (Å²) in [6.07, 6.45) is 0. The van der Waals surface area contributed by atoms with Crippen molar-refractivity contribution >= 4 is 16.5 Å². The largest absolute Gasteiger partial charge is 0.398 e. The van der Waals surface area contributed by atoms with E-state index in [1.165, 1.54) is 18.2 Å². The number of aromatic nitrogens is 2. The Bertz CT molecular complexity index is 624. The Balaban J connectivity index is 2.25. The second-order valence-corrected chi connectivity index (χ2v) is 5.68. The molecule has 2 rings (SSSR count). The summed E-state index contributed by atoms with van der Waals surface area (Å²) in [6.45, 7) is 4.59. The van der Waals surface area contributed by atoms with Crippen molar-refractivity contribution in [3.8, 4) is 0 Å². The van der Waals surface area contributed by atoms with Crippen LogP contribution < -0.4 is 5.73 Å². The molecule has 102 valence electrons. The van der Waals surface area contributed by atoms with Gasteiger partial charge in [-0.1, -0.05) is 0 Å². The standard InChI is InChI=1S/C13H16FN3OS/c1-3-17-11(6-9(2)16-17)8-19(18)13-5-4-10(14)7-12(13)15/h4-7H,3,8,15H2,1-2H3. The van der Waals surface area contributed by atoms with Gasteiger partial charge in [-0.3, -0.25) is 8.89 Å². The number of anilines is 1. The van der Waals surface area contributed by atoms with Gasteiger partial charge in [0.1, 0.15) is 5.82 Å². The first-order chi connectivity index (χ1) is 9.01. The molecule has 0 aliphatic heterocycles. The minimum absolute atomic E-state index is 0.220. The summed E-state index contributed by atoms with van der Waals surface area (Å²) in [4.78, 5) is 0.461. The van der Waals surface area contributed by atoms with Gasteiger partial charge in [0.15, 0.2) is 0 Å². The lowest BCUT2D eigenvalue weighted by Crippen LogP contribution is -2.07. The Kier molecular flexibility index (Phi) is 3.99. The Morgan fingerprint density at radius 1 is 1.42 bits per heavy atom. The molecule has 1 heterocycles. The van der Waals surface area contributed by atoms with Gasteiger partial charge in [0, 0.05) is 6.54 Å². The molecule has 1 atom stereocenters. The summed E-state index contributed by atoms with van der Waals surface area (Å²) >= 11 is 0. The normalized spacial score (nSPS) is 12.6. The summed E-state index contributed by atoms with van der Waals surface area (Å²) in [5.74, 6) is -0.0995. The molecule has 0 spiro atoms. The van der Waals surface area contributed by atoms with E-state index in [0.29, 0.717) is 10.6 Å². The first-order valence-corrected chi connectivity index (χ1v) is 7.30. The van der Waals surface area contributed by atoms with Crippen molar-refractivity contribution in [2.24, 2.45) is 0 Å². The molecule has 1 aromatic heterocycles. The molecule has 1 unspecified atom stereocenters. The highest BCUT2D eigenvalue weighted by atomic mass is 32.2. The minimum atomic E-state index is -1.31. The fraction of sp³-hybridized carbons (Fsp3) is 0.308. The zero-order valence-electron chi connectivity index (χ0n) is 10.9. The molecular weight excluding hydrogens is 265 g/mol. The van der Waals surface area contributed by atoms with Gasteiger partial charge in [0.05, 0.1) is 38.5 Å². The molecular formula is C13H16FN3OS. The number of nitrogens with two attached hydrogens (primary N) is 1. The van der Waals surface area contributed by atoms with Crippen molar-refractivity contribution in [2.75, 3.05) is 5.73 Å². The average molecular weight is 281 g/mol. The molecule has 0 aliphatic rings. The molecule has 19 heavy (non-hydrogen) atoms. The van der Waals surface area contributed by atoms with E-state index in [2.05, 4.69) is 5.10 Å². The summed E-state index contributed by atoms with van der Waals surface area (Å²) in [5, 5.41) is 4.30. The fourth-order valence-corrected chi connectivity index (χ4v) is 3.13. The SMILES string of the molecule is CCn1nc(C)cc1CS(=O)c1ccc(F)cc1N. The highest BCUT2D eigenvalue weighted by Gasteiger charge is 2.13. The number of hydrogen-bond acceptors (Lipinski definition) is 3. The molecule has 0 radical (unpaired) electrons. The lowest BCUT2D eigenvalue weighted by atomic mass is 10.3. The number of hydrogen-bond donors (Lipinski definition) is 1. The van der Waals surface area contributed by atoms with Gasteiger partial charge < -0.3 is 5.73 Å². The fourth-order valence-electron chi connectivity index (χ4n) is 1.93. The van der Waals surface area contributed by atoms with Crippen LogP contribution in [-0.4, -0.2) is 14.0 Å². The number of benzene rings is 1. The maximum Gasteiger partial charge on any atom is 0.125 e. The predicted molar refractivity (Wildman–Crippen MR) is 73.6 cm³/mol. The van der Waals surface area contributed by atoms with Gasteiger partial charge in [-0.2, -0.15) is 5.10 Å². The van der Waals surface area contributed by atoms with E-state index >= 15 is 0 Å². The zero-order chi connectivity index (χ0) is 14.0. The molecule has 2 N–H and O–H groups in total.